The SMILES string of the molecule is COc1ccc(OCC2CC2)c(-c2ncnc3c(C(=O)N[C@@H]4CCN(C(=O)O)C(C(C)(C)C)[C@@H]4O)c(C)n(COCC[Si](C)(C)C)c23)c1. The van der Waals surface area contributed by atoms with E-state index < -0.39 is 43.7 Å². The summed E-state index contributed by atoms with van der Waals surface area (Å²) in [7, 11) is 0.261. The van der Waals surface area contributed by atoms with E-state index in [1.54, 1.807) is 7.11 Å². The molecule has 1 aliphatic carbocycles. The maximum absolute atomic E-state index is 14.2. The highest BCUT2D eigenvalue weighted by Gasteiger charge is 2.46. The van der Waals surface area contributed by atoms with Crippen molar-refractivity contribution in [3.63, 3.8) is 0 Å². The molecule has 0 radical (unpaired) electrons. The number of aliphatic hydroxyl groups is 1. The number of carbonyl (C=O) groups is 2. The summed E-state index contributed by atoms with van der Waals surface area (Å²) in [4.78, 5) is 36.9. The highest BCUT2D eigenvalue weighted by atomic mass is 28.3. The number of likely N-dealkylation sites (tertiary alicyclic amines) is 1. The molecule has 48 heavy (non-hydrogen) atoms. The summed E-state index contributed by atoms with van der Waals surface area (Å²) in [6.07, 6.45) is 1.83. The van der Waals surface area contributed by atoms with Gasteiger partial charge in [-0.05, 0) is 61.8 Å². The molecular weight excluding hydrogens is 630 g/mol. The number of aromatic nitrogens is 3. The van der Waals surface area contributed by atoms with Crippen LogP contribution >= 0.6 is 0 Å². The minimum absolute atomic E-state index is 0.189. The Morgan fingerprint density at radius 1 is 1.12 bits per heavy atom. The molecule has 13 heteroatoms. The molecule has 1 saturated carbocycles. The Kier molecular flexibility index (Phi) is 10.4. The molecule has 2 aromatic heterocycles. The van der Waals surface area contributed by atoms with Gasteiger partial charge in [0.1, 0.15) is 35.8 Å². The molecule has 3 aromatic rings. The fraction of sp³-hybridized carbons (Fsp3) is 0.600. The number of aliphatic hydroxyl groups excluding tert-OH is 1. The number of methoxy groups -OCH3 is 1. The largest absolute Gasteiger partial charge is 0.497 e. The normalized spacial score (nSPS) is 20.2. The monoisotopic (exact) mass is 681 g/mol. The molecule has 0 bridgehead atoms. The number of ether oxygens (including phenoxy) is 3. The standard InChI is InChI=1S/C35H51N5O7Si/c1-21-27(33(42)38-25-13-14-39(34(43)44)32(31(25)41)35(2,3)4)29-30(40(21)20-46-15-16-48(6,7)8)28(36-19-37-29)24-17-23(45-5)11-12-26(24)47-18-22-9-10-22/h11-12,17,19,22,25,31-32,41H,9-10,13-16,18,20H2,1-8H3,(H,38,42)(H,43,44)/t25-,31-,32?/m1/s1. The summed E-state index contributed by atoms with van der Waals surface area (Å²) in [6.45, 7) is 16.0. The number of hydrogen-bond donors (Lipinski definition) is 3. The number of amides is 2. The first-order valence-corrected chi connectivity index (χ1v) is 20.5. The van der Waals surface area contributed by atoms with Crippen LogP contribution in [0.15, 0.2) is 24.5 Å². The van der Waals surface area contributed by atoms with Crippen molar-refractivity contribution in [3.8, 4) is 22.8 Å². The van der Waals surface area contributed by atoms with Crippen molar-refractivity contribution in [2.75, 3.05) is 26.9 Å². The van der Waals surface area contributed by atoms with Crippen molar-refractivity contribution >= 4 is 31.1 Å². The lowest BCUT2D eigenvalue weighted by molar-refractivity contribution is -0.0470. The number of carboxylic acid groups (broad SMARTS) is 1. The Morgan fingerprint density at radius 3 is 2.48 bits per heavy atom. The molecule has 2 amide bonds. The van der Waals surface area contributed by atoms with Gasteiger partial charge in [-0.15, -0.1) is 0 Å². The molecule has 0 spiro atoms. The van der Waals surface area contributed by atoms with E-state index in [1.165, 1.54) is 11.2 Å². The maximum atomic E-state index is 14.2. The number of benzene rings is 1. The molecule has 5 rings (SSSR count). The van der Waals surface area contributed by atoms with Crippen LogP contribution in [0.3, 0.4) is 0 Å². The maximum Gasteiger partial charge on any atom is 0.407 e. The van der Waals surface area contributed by atoms with Crippen molar-refractivity contribution in [2.24, 2.45) is 11.3 Å². The van der Waals surface area contributed by atoms with Gasteiger partial charge in [-0.1, -0.05) is 40.4 Å². The van der Waals surface area contributed by atoms with E-state index in [9.17, 15) is 19.8 Å². The lowest BCUT2D eigenvalue weighted by Crippen LogP contribution is -2.64. The van der Waals surface area contributed by atoms with Crippen LogP contribution in [0.2, 0.25) is 25.7 Å². The molecule has 2 fully saturated rings. The quantitative estimate of drug-likeness (QED) is 0.160. The average molecular weight is 682 g/mol. The number of piperidine rings is 1. The van der Waals surface area contributed by atoms with Crippen molar-refractivity contribution in [1.29, 1.82) is 0 Å². The van der Waals surface area contributed by atoms with Gasteiger partial charge in [0.2, 0.25) is 0 Å². The molecule has 3 N–H and O–H groups in total. The first kappa shape index (κ1) is 35.6. The van der Waals surface area contributed by atoms with Crippen LogP contribution in [0.4, 0.5) is 4.79 Å². The molecular formula is C35H51N5O7Si. The second-order valence-electron chi connectivity index (χ2n) is 15.4. The molecule has 12 nitrogen and oxygen atoms in total. The zero-order chi connectivity index (χ0) is 35.0. The topological polar surface area (TPSA) is 148 Å². The Hall–Kier alpha value is -3.68. The van der Waals surface area contributed by atoms with Crippen molar-refractivity contribution in [3.05, 3.63) is 35.8 Å². The second-order valence-corrected chi connectivity index (χ2v) is 21.0. The van der Waals surface area contributed by atoms with Crippen LogP contribution in [-0.4, -0.2) is 94.8 Å². The van der Waals surface area contributed by atoms with Crippen LogP contribution in [0.25, 0.3) is 22.3 Å². The summed E-state index contributed by atoms with van der Waals surface area (Å²) in [6, 6.07) is 5.26. The van der Waals surface area contributed by atoms with E-state index in [4.69, 9.17) is 19.2 Å². The molecule has 1 saturated heterocycles. The third-order valence-corrected chi connectivity index (χ3v) is 11.1. The molecule has 3 heterocycles. The van der Waals surface area contributed by atoms with Crippen molar-refractivity contribution in [2.45, 2.75) is 97.6 Å². The van der Waals surface area contributed by atoms with Crippen LogP contribution in [-0.2, 0) is 11.5 Å². The Labute approximate surface area is 283 Å². The zero-order valence-electron chi connectivity index (χ0n) is 29.5. The summed E-state index contributed by atoms with van der Waals surface area (Å²) >= 11 is 0. The van der Waals surface area contributed by atoms with E-state index in [1.807, 2.05) is 50.5 Å². The third kappa shape index (κ3) is 7.79. The predicted octanol–water partition coefficient (Wildman–Crippen LogP) is 5.77. The minimum Gasteiger partial charge on any atom is -0.497 e. The number of nitrogens with one attached hydrogen (secondary N) is 1. The fourth-order valence-electron chi connectivity index (χ4n) is 6.48. The van der Waals surface area contributed by atoms with Crippen LogP contribution in [0.5, 0.6) is 11.5 Å². The van der Waals surface area contributed by atoms with E-state index in [2.05, 4.69) is 29.9 Å². The lowest BCUT2D eigenvalue weighted by atomic mass is 9.77. The lowest BCUT2D eigenvalue weighted by Gasteiger charge is -2.47. The zero-order valence-corrected chi connectivity index (χ0v) is 30.5. The molecule has 1 aliphatic heterocycles. The highest BCUT2D eigenvalue weighted by Crippen LogP contribution is 2.40. The van der Waals surface area contributed by atoms with Gasteiger partial charge in [0.15, 0.2) is 0 Å². The van der Waals surface area contributed by atoms with Gasteiger partial charge in [0.05, 0.1) is 43.0 Å². The van der Waals surface area contributed by atoms with Crippen molar-refractivity contribution in [1.82, 2.24) is 24.8 Å². The predicted molar refractivity (Wildman–Crippen MR) is 186 cm³/mol. The number of fused-ring (bicyclic) bond motifs is 1. The fourth-order valence-corrected chi connectivity index (χ4v) is 7.24. The number of hydrogen-bond acceptors (Lipinski definition) is 8. The van der Waals surface area contributed by atoms with Gasteiger partial charge in [-0.25, -0.2) is 14.8 Å². The first-order chi connectivity index (χ1) is 22.6. The number of nitrogens with zero attached hydrogens (tertiary/aromatic N) is 4. The molecule has 3 atom stereocenters. The van der Waals surface area contributed by atoms with Gasteiger partial charge < -0.3 is 39.2 Å². The van der Waals surface area contributed by atoms with E-state index in [-0.39, 0.29) is 19.7 Å². The second kappa shape index (κ2) is 14.0. The number of rotatable bonds is 12. The summed E-state index contributed by atoms with van der Waals surface area (Å²) in [5.74, 6) is 1.45. The van der Waals surface area contributed by atoms with Gasteiger partial charge in [-0.3, -0.25) is 4.79 Å². The third-order valence-electron chi connectivity index (χ3n) is 9.35. The van der Waals surface area contributed by atoms with Gasteiger partial charge in [0.25, 0.3) is 5.91 Å². The Morgan fingerprint density at radius 2 is 1.85 bits per heavy atom. The van der Waals surface area contributed by atoms with E-state index >= 15 is 0 Å². The van der Waals surface area contributed by atoms with Gasteiger partial charge >= 0.3 is 6.09 Å². The van der Waals surface area contributed by atoms with Crippen molar-refractivity contribution < 1.29 is 34.0 Å². The van der Waals surface area contributed by atoms with Gasteiger partial charge in [0, 0.05) is 32.5 Å². The molecule has 2 aliphatic rings. The summed E-state index contributed by atoms with van der Waals surface area (Å²) < 4.78 is 20.1. The summed E-state index contributed by atoms with van der Waals surface area (Å²) in [5.41, 5.74) is 2.83. The molecule has 1 unspecified atom stereocenters. The van der Waals surface area contributed by atoms with Crippen LogP contribution in [0.1, 0.15) is 56.1 Å². The smallest absolute Gasteiger partial charge is 0.407 e. The van der Waals surface area contributed by atoms with Crippen LogP contribution in [0, 0.1) is 18.3 Å². The Balaban J connectivity index is 1.56. The van der Waals surface area contributed by atoms with Crippen LogP contribution < -0.4 is 14.8 Å². The first-order valence-electron chi connectivity index (χ1n) is 16.8. The van der Waals surface area contributed by atoms with Gasteiger partial charge in [-0.2, -0.15) is 0 Å². The minimum atomic E-state index is -1.35. The number of carbonyl (C=O) groups excluding carboxylic acids is 1. The molecule has 1 aromatic carbocycles. The average Bonchev–Trinajstić information content (AvgIpc) is 3.80. The van der Waals surface area contributed by atoms with E-state index in [0.717, 1.165) is 24.4 Å². The van der Waals surface area contributed by atoms with E-state index in [0.29, 0.717) is 58.6 Å². The highest BCUT2D eigenvalue weighted by molar-refractivity contribution is 6.76. The molecule has 262 valence electrons. The Bertz CT molecular complexity index is 1640. The summed E-state index contributed by atoms with van der Waals surface area (Å²) in [5, 5.41) is 24.3.